The summed E-state index contributed by atoms with van der Waals surface area (Å²) >= 11 is 0. The van der Waals surface area contributed by atoms with Gasteiger partial charge in [-0.3, -0.25) is 9.89 Å². The minimum absolute atomic E-state index is 0.0377. The molecular weight excluding hydrogens is 332 g/mol. The molecule has 0 radical (unpaired) electrons. The second kappa shape index (κ2) is 6.68. The van der Waals surface area contributed by atoms with Gasteiger partial charge in [-0.25, -0.2) is 0 Å². The van der Waals surface area contributed by atoms with Crippen LogP contribution in [0.4, 0.5) is 5.82 Å². The summed E-state index contributed by atoms with van der Waals surface area (Å²) in [5, 5.41) is 15.4. The molecule has 8 nitrogen and oxygen atoms in total. The number of aromatic amines is 1. The second-order valence-corrected chi connectivity index (χ2v) is 7.25. The monoisotopic (exact) mass is 356 g/mol. The highest BCUT2D eigenvalue weighted by molar-refractivity contribution is 5.92. The van der Waals surface area contributed by atoms with Gasteiger partial charge in [0.05, 0.1) is 25.4 Å². The molecule has 1 atom stereocenters. The molecule has 2 aliphatic heterocycles. The van der Waals surface area contributed by atoms with Crippen LogP contribution in [-0.4, -0.2) is 69.6 Å². The summed E-state index contributed by atoms with van der Waals surface area (Å²) in [7, 11) is 0. The molecule has 2 saturated heterocycles. The Bertz CT molecular complexity index is 785. The van der Waals surface area contributed by atoms with Gasteiger partial charge in [0, 0.05) is 18.8 Å². The van der Waals surface area contributed by atoms with Gasteiger partial charge in [-0.05, 0) is 44.9 Å². The molecule has 0 saturated carbocycles. The standard InChI is InChI=1S/C18H24N6O2/c1-13-4-5-16(22-19-13)23-7-3-6-18(11-23)12-24(8-9-26-18)17(25)15-10-14(2)20-21-15/h4-5,10H,3,6-9,11-12H2,1-2H3,(H,20,21)/t18-/m1/s1. The molecule has 0 unspecified atom stereocenters. The number of amides is 1. The third-order valence-corrected chi connectivity index (χ3v) is 5.11. The Balaban J connectivity index is 1.50. The van der Waals surface area contributed by atoms with E-state index in [-0.39, 0.29) is 11.5 Å². The fraction of sp³-hybridized carbons (Fsp3) is 0.556. The minimum atomic E-state index is -0.357. The lowest BCUT2D eigenvalue weighted by Gasteiger charge is -2.48. The molecule has 26 heavy (non-hydrogen) atoms. The van der Waals surface area contributed by atoms with Crippen molar-refractivity contribution in [2.75, 3.05) is 37.7 Å². The van der Waals surface area contributed by atoms with E-state index in [0.717, 1.165) is 36.6 Å². The van der Waals surface area contributed by atoms with E-state index < -0.39 is 0 Å². The van der Waals surface area contributed by atoms with Crippen molar-refractivity contribution in [3.63, 3.8) is 0 Å². The number of carbonyl (C=O) groups excluding carboxylic acids is 1. The lowest BCUT2D eigenvalue weighted by molar-refractivity contribution is -0.105. The number of carbonyl (C=O) groups is 1. The number of morpholine rings is 1. The Morgan fingerprint density at radius 2 is 2.12 bits per heavy atom. The Hall–Kier alpha value is -2.48. The first-order chi connectivity index (χ1) is 12.5. The van der Waals surface area contributed by atoms with Crippen molar-refractivity contribution in [3.8, 4) is 0 Å². The maximum absolute atomic E-state index is 12.8. The molecule has 2 aromatic rings. The maximum atomic E-state index is 12.8. The van der Waals surface area contributed by atoms with Gasteiger partial charge in [-0.2, -0.15) is 10.2 Å². The van der Waals surface area contributed by atoms with E-state index in [1.54, 1.807) is 6.07 Å². The summed E-state index contributed by atoms with van der Waals surface area (Å²) in [5.74, 6) is 0.828. The predicted molar refractivity (Wildman–Crippen MR) is 96.1 cm³/mol. The van der Waals surface area contributed by atoms with Crippen LogP contribution in [0.15, 0.2) is 18.2 Å². The number of nitrogens with zero attached hydrogens (tertiary/aromatic N) is 5. The summed E-state index contributed by atoms with van der Waals surface area (Å²) in [6, 6.07) is 5.76. The van der Waals surface area contributed by atoms with Gasteiger partial charge >= 0.3 is 0 Å². The van der Waals surface area contributed by atoms with Crippen molar-refractivity contribution in [3.05, 3.63) is 35.3 Å². The smallest absolute Gasteiger partial charge is 0.274 e. The van der Waals surface area contributed by atoms with Gasteiger partial charge in [0.1, 0.15) is 11.3 Å². The van der Waals surface area contributed by atoms with Gasteiger partial charge in [0.25, 0.3) is 5.91 Å². The molecule has 4 rings (SSSR count). The Morgan fingerprint density at radius 3 is 2.85 bits per heavy atom. The minimum Gasteiger partial charge on any atom is -0.369 e. The SMILES string of the molecule is Cc1ccc(N2CCC[C@]3(CN(C(=O)c4cc(C)[nH]n4)CCO3)C2)nn1. The Morgan fingerprint density at radius 1 is 1.23 bits per heavy atom. The lowest BCUT2D eigenvalue weighted by atomic mass is 9.90. The molecule has 8 heteroatoms. The molecule has 2 fully saturated rings. The normalized spacial score (nSPS) is 23.5. The average molecular weight is 356 g/mol. The summed E-state index contributed by atoms with van der Waals surface area (Å²) < 4.78 is 6.19. The number of aromatic nitrogens is 4. The molecule has 4 heterocycles. The molecule has 0 bridgehead atoms. The van der Waals surface area contributed by atoms with Gasteiger partial charge in [0.2, 0.25) is 0 Å². The number of hydrogen-bond donors (Lipinski definition) is 1. The molecule has 2 aliphatic rings. The first-order valence-electron chi connectivity index (χ1n) is 9.05. The predicted octanol–water partition coefficient (Wildman–Crippen LogP) is 1.33. The van der Waals surface area contributed by atoms with Crippen LogP contribution in [0.25, 0.3) is 0 Å². The van der Waals surface area contributed by atoms with E-state index in [0.29, 0.717) is 31.9 Å². The molecule has 1 spiro atoms. The summed E-state index contributed by atoms with van der Waals surface area (Å²) in [6.45, 7) is 7.18. The summed E-state index contributed by atoms with van der Waals surface area (Å²) in [5.41, 5.74) is 1.90. The molecule has 0 aromatic carbocycles. The van der Waals surface area contributed by atoms with Crippen molar-refractivity contribution in [1.29, 1.82) is 0 Å². The largest absolute Gasteiger partial charge is 0.369 e. The van der Waals surface area contributed by atoms with Crippen LogP contribution < -0.4 is 4.90 Å². The zero-order chi connectivity index (χ0) is 18.1. The van der Waals surface area contributed by atoms with Crippen molar-refractivity contribution >= 4 is 11.7 Å². The lowest BCUT2D eigenvalue weighted by Crippen LogP contribution is -2.61. The van der Waals surface area contributed by atoms with Crippen molar-refractivity contribution in [1.82, 2.24) is 25.3 Å². The van der Waals surface area contributed by atoms with Crippen LogP contribution in [0.2, 0.25) is 0 Å². The first-order valence-corrected chi connectivity index (χ1v) is 9.05. The fourth-order valence-corrected chi connectivity index (χ4v) is 3.81. The third kappa shape index (κ3) is 3.29. The quantitative estimate of drug-likeness (QED) is 0.873. The third-order valence-electron chi connectivity index (χ3n) is 5.11. The zero-order valence-corrected chi connectivity index (χ0v) is 15.2. The van der Waals surface area contributed by atoms with Gasteiger partial charge in [-0.15, -0.1) is 5.10 Å². The van der Waals surface area contributed by atoms with Crippen molar-refractivity contribution < 1.29 is 9.53 Å². The molecular formula is C18H24N6O2. The van der Waals surface area contributed by atoms with Gasteiger partial charge in [-0.1, -0.05) is 0 Å². The highest BCUT2D eigenvalue weighted by atomic mass is 16.5. The first kappa shape index (κ1) is 17.0. The number of rotatable bonds is 2. The van der Waals surface area contributed by atoms with Gasteiger partial charge in [0.15, 0.2) is 5.82 Å². The van der Waals surface area contributed by atoms with Crippen LogP contribution in [0.3, 0.4) is 0 Å². The Labute approximate surface area is 152 Å². The van der Waals surface area contributed by atoms with E-state index in [1.165, 1.54) is 0 Å². The van der Waals surface area contributed by atoms with E-state index in [1.807, 2.05) is 30.9 Å². The van der Waals surface area contributed by atoms with Crippen LogP contribution in [0.5, 0.6) is 0 Å². The van der Waals surface area contributed by atoms with Crippen LogP contribution in [0, 0.1) is 13.8 Å². The zero-order valence-electron chi connectivity index (χ0n) is 15.2. The summed E-state index contributed by atoms with van der Waals surface area (Å²) in [6.07, 6.45) is 1.94. The number of anilines is 1. The molecule has 1 amide bonds. The van der Waals surface area contributed by atoms with Crippen molar-refractivity contribution in [2.45, 2.75) is 32.3 Å². The van der Waals surface area contributed by atoms with E-state index >= 15 is 0 Å². The van der Waals surface area contributed by atoms with Crippen LogP contribution in [-0.2, 0) is 4.74 Å². The number of piperidine rings is 1. The number of hydrogen-bond acceptors (Lipinski definition) is 6. The fourth-order valence-electron chi connectivity index (χ4n) is 3.81. The molecule has 138 valence electrons. The van der Waals surface area contributed by atoms with Gasteiger partial charge < -0.3 is 14.5 Å². The topological polar surface area (TPSA) is 87.2 Å². The molecule has 1 N–H and O–H groups in total. The number of H-pyrrole nitrogens is 1. The van der Waals surface area contributed by atoms with Crippen LogP contribution >= 0.6 is 0 Å². The van der Waals surface area contributed by atoms with E-state index in [2.05, 4.69) is 25.3 Å². The van der Waals surface area contributed by atoms with E-state index in [9.17, 15) is 4.79 Å². The van der Waals surface area contributed by atoms with Crippen molar-refractivity contribution in [2.24, 2.45) is 0 Å². The highest BCUT2D eigenvalue weighted by Gasteiger charge is 2.42. The Kier molecular flexibility index (Phi) is 4.36. The second-order valence-electron chi connectivity index (χ2n) is 7.25. The van der Waals surface area contributed by atoms with E-state index in [4.69, 9.17) is 4.74 Å². The molecule has 0 aliphatic carbocycles. The molecule has 2 aromatic heterocycles. The maximum Gasteiger partial charge on any atom is 0.274 e. The van der Waals surface area contributed by atoms with Crippen LogP contribution in [0.1, 0.15) is 34.7 Å². The number of ether oxygens (including phenoxy) is 1. The number of aryl methyl sites for hydroxylation is 2. The number of nitrogens with one attached hydrogen (secondary N) is 1. The average Bonchev–Trinajstić information content (AvgIpc) is 3.08. The highest BCUT2D eigenvalue weighted by Crippen LogP contribution is 2.31. The summed E-state index contributed by atoms with van der Waals surface area (Å²) in [4.78, 5) is 16.9.